The van der Waals surface area contributed by atoms with Crippen LogP contribution < -0.4 is 25.2 Å². The van der Waals surface area contributed by atoms with Crippen LogP contribution in [0.25, 0.3) is 0 Å². The van der Waals surface area contributed by atoms with E-state index in [4.69, 9.17) is 14.2 Å². The van der Waals surface area contributed by atoms with Crippen LogP contribution in [0.4, 0.5) is 11.6 Å². The molecule has 0 radical (unpaired) electrons. The Morgan fingerprint density at radius 3 is 1.95 bits per heavy atom. The largest absolute Gasteiger partial charge is 0.480 e. The predicted molar refractivity (Wildman–Crippen MR) is 170 cm³/mol. The highest BCUT2D eigenvalue weighted by Gasteiger charge is 2.28. The van der Waals surface area contributed by atoms with E-state index in [1.165, 1.54) is 14.2 Å². The average Bonchev–Trinajstić information content (AvgIpc) is 2.91. The van der Waals surface area contributed by atoms with Crippen molar-refractivity contribution in [1.82, 2.24) is 20.6 Å². The summed E-state index contributed by atoms with van der Waals surface area (Å²) in [5.41, 5.74) is 1.84. The Balaban J connectivity index is 0.000000401. The van der Waals surface area contributed by atoms with Crippen molar-refractivity contribution < 1.29 is 23.8 Å². The van der Waals surface area contributed by atoms with Crippen LogP contribution in [0, 0.1) is 6.92 Å². The number of anilines is 2. The molecule has 4 heterocycles. The second-order valence-electron chi connectivity index (χ2n) is 11.3. The number of ether oxygens (including phenoxy) is 3. The molecule has 2 aliphatic rings. The van der Waals surface area contributed by atoms with Gasteiger partial charge >= 0.3 is 11.9 Å². The third-order valence-corrected chi connectivity index (χ3v) is 6.68. The molecule has 0 amide bonds. The molecule has 2 aliphatic heterocycles. The standard InChI is InChI=1S/C15H23N3O2.C14H21N3O3.2ClH/c1-5-20-14(19)12-8-11(2)9-13(17-12)18-7-6-16-15(3,4)10-18;1-14(2)9-17(8-7-15-14)11-6-5-10(13(18)20-4)12(16-11)19-3;;/h8-9,16H,5-7,10H2,1-4H3;5-6,15H,7-9H2,1-4H3;2*1H. The van der Waals surface area contributed by atoms with Crippen LogP contribution in [0.1, 0.15) is 61.0 Å². The van der Waals surface area contributed by atoms with Crippen molar-refractivity contribution in [2.75, 3.05) is 69.9 Å². The summed E-state index contributed by atoms with van der Waals surface area (Å²) in [4.78, 5) is 36.7. The Morgan fingerprint density at radius 2 is 1.45 bits per heavy atom. The number of pyridine rings is 2. The van der Waals surface area contributed by atoms with Crippen LogP contribution in [-0.2, 0) is 9.47 Å². The van der Waals surface area contributed by atoms with Gasteiger partial charge in [0.1, 0.15) is 17.2 Å². The molecule has 0 aliphatic carbocycles. The number of carbonyl (C=O) groups is 2. The number of rotatable bonds is 6. The molecule has 0 atom stereocenters. The minimum Gasteiger partial charge on any atom is -0.480 e. The van der Waals surface area contributed by atoms with E-state index in [9.17, 15) is 9.59 Å². The highest BCUT2D eigenvalue weighted by atomic mass is 35.5. The molecule has 0 unspecified atom stereocenters. The van der Waals surface area contributed by atoms with Gasteiger partial charge < -0.3 is 34.6 Å². The van der Waals surface area contributed by atoms with Gasteiger partial charge in [-0.3, -0.25) is 0 Å². The fourth-order valence-corrected chi connectivity index (χ4v) is 4.82. The molecular weight excluding hydrogens is 583 g/mol. The first-order chi connectivity index (χ1) is 18.9. The number of aryl methyl sites for hydroxylation is 1. The molecule has 2 aromatic heterocycles. The van der Waals surface area contributed by atoms with Gasteiger partial charge in [0.2, 0.25) is 5.88 Å². The normalized spacial score (nSPS) is 17.0. The Bertz CT molecular complexity index is 1200. The predicted octanol–water partition coefficient (Wildman–Crippen LogP) is 3.66. The molecular formula is C29H46Cl2N6O5. The lowest BCUT2D eigenvalue weighted by Gasteiger charge is -2.39. The van der Waals surface area contributed by atoms with Crippen molar-refractivity contribution in [2.24, 2.45) is 0 Å². The molecule has 2 N–H and O–H groups in total. The van der Waals surface area contributed by atoms with E-state index in [2.05, 4.69) is 58.1 Å². The van der Waals surface area contributed by atoms with Gasteiger partial charge in [0.15, 0.2) is 5.69 Å². The fraction of sp³-hybridized carbons (Fsp3) is 0.586. The molecule has 4 rings (SSSR count). The number of nitrogens with zero attached hydrogens (tertiary/aromatic N) is 4. The van der Waals surface area contributed by atoms with Crippen molar-refractivity contribution in [3.63, 3.8) is 0 Å². The minimum absolute atomic E-state index is 0. The smallest absolute Gasteiger partial charge is 0.357 e. The summed E-state index contributed by atoms with van der Waals surface area (Å²) in [6.07, 6.45) is 0. The second-order valence-corrected chi connectivity index (χ2v) is 11.3. The molecule has 0 spiro atoms. The van der Waals surface area contributed by atoms with E-state index in [0.717, 1.165) is 56.5 Å². The monoisotopic (exact) mass is 628 g/mol. The second kappa shape index (κ2) is 16.1. The topological polar surface area (TPSA) is 118 Å². The summed E-state index contributed by atoms with van der Waals surface area (Å²) in [6, 6.07) is 7.32. The number of piperazine rings is 2. The third-order valence-electron chi connectivity index (χ3n) is 6.68. The van der Waals surface area contributed by atoms with E-state index in [1.54, 1.807) is 19.1 Å². The van der Waals surface area contributed by atoms with Crippen molar-refractivity contribution >= 4 is 48.4 Å². The number of aromatic nitrogens is 2. The lowest BCUT2D eigenvalue weighted by molar-refractivity contribution is 0.0518. The maximum atomic E-state index is 11.8. The number of esters is 2. The Hall–Kier alpha value is -2.86. The Kier molecular flexibility index (Phi) is 14.3. The van der Waals surface area contributed by atoms with Crippen molar-refractivity contribution in [3.8, 4) is 5.88 Å². The van der Waals surface area contributed by atoms with Gasteiger partial charge in [0, 0.05) is 50.3 Å². The summed E-state index contributed by atoms with van der Waals surface area (Å²) in [7, 11) is 2.84. The van der Waals surface area contributed by atoms with E-state index >= 15 is 0 Å². The lowest BCUT2D eigenvalue weighted by Crippen LogP contribution is -2.57. The SMILES string of the molecule is CCOC(=O)c1cc(C)cc(N2CCNC(C)(C)C2)n1.COC(=O)c1ccc(N2CCNC(C)(C)C2)nc1OC.Cl.Cl. The summed E-state index contributed by atoms with van der Waals surface area (Å²) >= 11 is 0. The number of hydrogen-bond donors (Lipinski definition) is 2. The molecule has 0 bridgehead atoms. The minimum atomic E-state index is -0.443. The molecule has 2 aromatic rings. The lowest BCUT2D eigenvalue weighted by atomic mass is 10.0. The first kappa shape index (κ1) is 37.2. The van der Waals surface area contributed by atoms with Gasteiger partial charge in [0.05, 0.1) is 20.8 Å². The highest BCUT2D eigenvalue weighted by Crippen LogP contribution is 2.24. The van der Waals surface area contributed by atoms with Crippen molar-refractivity contribution in [3.05, 3.63) is 41.1 Å². The molecule has 42 heavy (non-hydrogen) atoms. The average molecular weight is 630 g/mol. The van der Waals surface area contributed by atoms with E-state index in [0.29, 0.717) is 23.7 Å². The fourth-order valence-electron chi connectivity index (χ4n) is 4.82. The van der Waals surface area contributed by atoms with Crippen LogP contribution >= 0.6 is 24.8 Å². The highest BCUT2D eigenvalue weighted by molar-refractivity contribution is 5.92. The van der Waals surface area contributed by atoms with E-state index < -0.39 is 5.97 Å². The van der Waals surface area contributed by atoms with Gasteiger partial charge in [-0.1, -0.05) is 0 Å². The molecule has 0 aromatic carbocycles. The summed E-state index contributed by atoms with van der Waals surface area (Å²) in [5, 5.41) is 6.92. The van der Waals surface area contributed by atoms with Gasteiger partial charge in [-0.25, -0.2) is 14.6 Å². The molecule has 13 heteroatoms. The van der Waals surface area contributed by atoms with E-state index in [1.807, 2.05) is 19.1 Å². The van der Waals surface area contributed by atoms with Crippen molar-refractivity contribution in [1.29, 1.82) is 0 Å². The number of methoxy groups -OCH3 is 2. The van der Waals surface area contributed by atoms with Crippen molar-refractivity contribution in [2.45, 2.75) is 52.6 Å². The number of hydrogen-bond acceptors (Lipinski definition) is 11. The van der Waals surface area contributed by atoms with Crippen LogP contribution in [0.15, 0.2) is 24.3 Å². The van der Waals surface area contributed by atoms with Crippen LogP contribution in [0.3, 0.4) is 0 Å². The zero-order valence-electron chi connectivity index (χ0n) is 25.9. The third kappa shape index (κ3) is 10.1. The summed E-state index contributed by atoms with van der Waals surface area (Å²) in [5.74, 6) is 1.16. The molecule has 2 fully saturated rings. The van der Waals surface area contributed by atoms with E-state index in [-0.39, 0.29) is 41.9 Å². The van der Waals surface area contributed by atoms with Gasteiger partial charge in [-0.05, 0) is 71.4 Å². The molecule has 2 saturated heterocycles. The first-order valence-electron chi connectivity index (χ1n) is 13.7. The molecule has 11 nitrogen and oxygen atoms in total. The summed E-state index contributed by atoms with van der Waals surface area (Å²) in [6.45, 7) is 18.1. The maximum absolute atomic E-state index is 11.8. The number of nitrogens with one attached hydrogen (secondary N) is 2. The molecule has 0 saturated carbocycles. The Morgan fingerprint density at radius 1 is 0.881 bits per heavy atom. The van der Waals surface area contributed by atoms with Crippen LogP contribution in [0.5, 0.6) is 5.88 Å². The number of carbonyl (C=O) groups excluding carboxylic acids is 2. The maximum Gasteiger partial charge on any atom is 0.357 e. The zero-order chi connectivity index (χ0) is 29.5. The van der Waals surface area contributed by atoms with Gasteiger partial charge in [0.25, 0.3) is 0 Å². The van der Waals surface area contributed by atoms with Gasteiger partial charge in [-0.2, -0.15) is 4.98 Å². The zero-order valence-corrected chi connectivity index (χ0v) is 27.5. The number of halogens is 2. The summed E-state index contributed by atoms with van der Waals surface area (Å²) < 4.78 is 14.9. The quantitative estimate of drug-likeness (QED) is 0.456. The van der Waals surface area contributed by atoms with Crippen LogP contribution in [0.2, 0.25) is 0 Å². The first-order valence-corrected chi connectivity index (χ1v) is 13.7. The van der Waals surface area contributed by atoms with Gasteiger partial charge in [-0.15, -0.1) is 24.8 Å². The van der Waals surface area contributed by atoms with Crippen LogP contribution in [-0.4, -0.2) is 93.1 Å². The molecule has 236 valence electrons. The Labute approximate surface area is 261 Å².